The second-order valence-corrected chi connectivity index (χ2v) is 5.98. The van der Waals surface area contributed by atoms with Crippen LogP contribution in [-0.2, 0) is 5.41 Å². The van der Waals surface area contributed by atoms with E-state index in [1.54, 1.807) is 6.07 Å². The molecule has 2 fully saturated rings. The zero-order valence-electron chi connectivity index (χ0n) is 12.2. The van der Waals surface area contributed by atoms with Crippen molar-refractivity contribution in [2.75, 3.05) is 19.6 Å². The van der Waals surface area contributed by atoms with Crippen molar-refractivity contribution in [3.8, 4) is 0 Å². The number of hydrogen-bond donors (Lipinski definition) is 1. The summed E-state index contributed by atoms with van der Waals surface area (Å²) in [4.78, 5) is 6.71. The number of aliphatic imine (C=N–C) groups is 1. The lowest BCUT2D eigenvalue weighted by molar-refractivity contribution is 0.337. The molecule has 1 aromatic rings. The van der Waals surface area contributed by atoms with Gasteiger partial charge >= 0.3 is 0 Å². The van der Waals surface area contributed by atoms with Gasteiger partial charge in [-0.15, -0.1) is 24.0 Å². The van der Waals surface area contributed by atoms with Gasteiger partial charge < -0.3 is 10.6 Å². The molecule has 1 heterocycles. The molecule has 5 heteroatoms. The predicted molar refractivity (Wildman–Crippen MR) is 94.6 cm³/mol. The molecule has 1 aliphatic heterocycles. The predicted octanol–water partition coefficient (Wildman–Crippen LogP) is 3.28. The van der Waals surface area contributed by atoms with Crippen LogP contribution >= 0.6 is 24.0 Å². The van der Waals surface area contributed by atoms with Crippen molar-refractivity contribution in [1.82, 2.24) is 4.90 Å². The van der Waals surface area contributed by atoms with E-state index in [-0.39, 0.29) is 35.2 Å². The van der Waals surface area contributed by atoms with Crippen molar-refractivity contribution in [2.45, 2.75) is 37.5 Å². The van der Waals surface area contributed by atoms with Crippen LogP contribution in [0.5, 0.6) is 0 Å². The summed E-state index contributed by atoms with van der Waals surface area (Å²) in [5.41, 5.74) is 6.78. The maximum Gasteiger partial charge on any atom is 0.191 e. The van der Waals surface area contributed by atoms with Crippen LogP contribution < -0.4 is 5.73 Å². The third kappa shape index (κ3) is 3.67. The Morgan fingerprint density at radius 2 is 1.86 bits per heavy atom. The molecule has 3 rings (SSSR count). The minimum Gasteiger partial charge on any atom is -0.370 e. The van der Waals surface area contributed by atoms with Crippen LogP contribution in [-0.4, -0.2) is 30.5 Å². The molecule has 0 spiro atoms. The fourth-order valence-corrected chi connectivity index (χ4v) is 3.01. The second kappa shape index (κ2) is 6.94. The first-order valence-corrected chi connectivity index (χ1v) is 7.51. The zero-order valence-corrected chi connectivity index (χ0v) is 14.6. The average molecular weight is 403 g/mol. The maximum atomic E-state index is 13.9. The Balaban J connectivity index is 0.00000161. The average Bonchev–Trinajstić information content (AvgIpc) is 3.27. The SMILES string of the molecule is I.NC(=NCC1(c2ccccc2F)CC1)N1CCCCC1. The maximum absolute atomic E-state index is 13.9. The summed E-state index contributed by atoms with van der Waals surface area (Å²) in [5.74, 6) is 0.518. The summed E-state index contributed by atoms with van der Waals surface area (Å²) in [6.45, 7) is 2.61. The molecule has 1 saturated heterocycles. The number of halogens is 2. The fraction of sp³-hybridized carbons (Fsp3) is 0.562. The normalized spacial score (nSPS) is 20.8. The topological polar surface area (TPSA) is 41.6 Å². The number of guanidine groups is 1. The third-order valence-electron chi connectivity index (χ3n) is 4.52. The first-order chi connectivity index (χ1) is 9.71. The van der Waals surface area contributed by atoms with E-state index in [1.165, 1.54) is 25.3 Å². The molecule has 0 bridgehead atoms. The van der Waals surface area contributed by atoms with E-state index in [2.05, 4.69) is 9.89 Å². The third-order valence-corrected chi connectivity index (χ3v) is 4.52. The summed E-state index contributed by atoms with van der Waals surface area (Å²) in [5, 5.41) is 0. The molecule has 1 saturated carbocycles. The van der Waals surface area contributed by atoms with Crippen LogP contribution in [0.2, 0.25) is 0 Å². The van der Waals surface area contributed by atoms with Crippen LogP contribution in [0.3, 0.4) is 0 Å². The summed E-state index contributed by atoms with van der Waals surface area (Å²) in [7, 11) is 0. The number of rotatable bonds is 3. The Bertz CT molecular complexity index is 508. The number of hydrogen-bond acceptors (Lipinski definition) is 1. The van der Waals surface area contributed by atoms with Crippen molar-refractivity contribution >= 4 is 29.9 Å². The van der Waals surface area contributed by atoms with Gasteiger partial charge in [0.25, 0.3) is 0 Å². The monoisotopic (exact) mass is 403 g/mol. The molecule has 0 unspecified atom stereocenters. The molecule has 2 N–H and O–H groups in total. The van der Waals surface area contributed by atoms with Crippen LogP contribution in [0, 0.1) is 5.82 Å². The van der Waals surface area contributed by atoms with Crippen LogP contribution in [0.25, 0.3) is 0 Å². The Morgan fingerprint density at radius 3 is 2.48 bits per heavy atom. The molecule has 1 aromatic carbocycles. The molecule has 2 aliphatic rings. The molecule has 3 nitrogen and oxygen atoms in total. The minimum atomic E-state index is -0.114. The van der Waals surface area contributed by atoms with Gasteiger partial charge in [0.1, 0.15) is 5.82 Å². The largest absolute Gasteiger partial charge is 0.370 e. The lowest BCUT2D eigenvalue weighted by atomic mass is 9.95. The Morgan fingerprint density at radius 1 is 1.19 bits per heavy atom. The quantitative estimate of drug-likeness (QED) is 0.478. The van der Waals surface area contributed by atoms with Gasteiger partial charge in [-0.25, -0.2) is 4.39 Å². The number of nitrogens with zero attached hydrogens (tertiary/aromatic N) is 2. The molecule has 0 aromatic heterocycles. The van der Waals surface area contributed by atoms with Gasteiger partial charge in [0.05, 0.1) is 6.54 Å². The van der Waals surface area contributed by atoms with Gasteiger partial charge in [-0.05, 0) is 43.7 Å². The first-order valence-electron chi connectivity index (χ1n) is 7.51. The summed E-state index contributed by atoms with van der Waals surface area (Å²) in [6, 6.07) is 7.05. The van der Waals surface area contributed by atoms with E-state index in [1.807, 2.05) is 12.1 Å². The van der Waals surface area contributed by atoms with E-state index >= 15 is 0 Å². The Hall–Kier alpha value is -0.850. The van der Waals surface area contributed by atoms with E-state index in [9.17, 15) is 4.39 Å². The van der Waals surface area contributed by atoms with E-state index in [0.717, 1.165) is 31.5 Å². The molecule has 116 valence electrons. The molecule has 0 radical (unpaired) electrons. The van der Waals surface area contributed by atoms with E-state index in [4.69, 9.17) is 5.73 Å². The highest BCUT2D eigenvalue weighted by molar-refractivity contribution is 14.0. The molecule has 0 atom stereocenters. The van der Waals surface area contributed by atoms with Crippen LogP contribution in [0.1, 0.15) is 37.7 Å². The smallest absolute Gasteiger partial charge is 0.191 e. The fourth-order valence-electron chi connectivity index (χ4n) is 3.01. The van der Waals surface area contributed by atoms with Crippen molar-refractivity contribution in [3.63, 3.8) is 0 Å². The van der Waals surface area contributed by atoms with Gasteiger partial charge in [0.2, 0.25) is 0 Å². The van der Waals surface area contributed by atoms with Gasteiger partial charge in [0, 0.05) is 18.5 Å². The van der Waals surface area contributed by atoms with E-state index in [0.29, 0.717) is 12.5 Å². The van der Waals surface area contributed by atoms with Crippen molar-refractivity contribution in [1.29, 1.82) is 0 Å². The van der Waals surface area contributed by atoms with Crippen molar-refractivity contribution in [3.05, 3.63) is 35.6 Å². The van der Waals surface area contributed by atoms with Crippen molar-refractivity contribution in [2.24, 2.45) is 10.7 Å². The minimum absolute atomic E-state index is 0. The van der Waals surface area contributed by atoms with Gasteiger partial charge in [0.15, 0.2) is 5.96 Å². The lowest BCUT2D eigenvalue weighted by Gasteiger charge is -2.28. The number of benzene rings is 1. The van der Waals surface area contributed by atoms with Gasteiger partial charge in [-0.2, -0.15) is 0 Å². The molecule has 0 amide bonds. The number of nitrogens with two attached hydrogens (primary N) is 1. The summed E-state index contributed by atoms with van der Waals surface area (Å²) in [6.07, 6.45) is 5.67. The summed E-state index contributed by atoms with van der Waals surface area (Å²) >= 11 is 0. The van der Waals surface area contributed by atoms with Gasteiger partial charge in [-0.1, -0.05) is 18.2 Å². The Labute approximate surface area is 142 Å². The standard InChI is InChI=1S/C16H22FN3.HI/c17-14-7-3-2-6-13(14)16(8-9-16)12-19-15(18)20-10-4-1-5-11-20;/h2-3,6-7H,1,4-5,8-12H2,(H2,18,19);1H. The Kier molecular flexibility index (Phi) is 5.46. The van der Waals surface area contributed by atoms with E-state index < -0.39 is 0 Å². The zero-order chi connectivity index (χ0) is 14.0. The van der Waals surface area contributed by atoms with Crippen LogP contribution in [0.15, 0.2) is 29.3 Å². The molecule has 1 aliphatic carbocycles. The molecular weight excluding hydrogens is 380 g/mol. The number of piperidine rings is 1. The molecular formula is C16H23FIN3. The first kappa shape index (κ1) is 16.5. The summed E-state index contributed by atoms with van der Waals surface area (Å²) < 4.78 is 13.9. The van der Waals surface area contributed by atoms with Gasteiger partial charge in [-0.3, -0.25) is 4.99 Å². The highest BCUT2D eigenvalue weighted by Gasteiger charge is 2.45. The second-order valence-electron chi connectivity index (χ2n) is 5.98. The highest BCUT2D eigenvalue weighted by atomic mass is 127. The highest BCUT2D eigenvalue weighted by Crippen LogP contribution is 2.49. The molecule has 21 heavy (non-hydrogen) atoms. The lowest BCUT2D eigenvalue weighted by Crippen LogP contribution is -2.41. The number of likely N-dealkylation sites (tertiary alicyclic amines) is 1. The van der Waals surface area contributed by atoms with Crippen molar-refractivity contribution < 1.29 is 4.39 Å². The van der Waals surface area contributed by atoms with Crippen LogP contribution in [0.4, 0.5) is 4.39 Å².